The van der Waals surface area contributed by atoms with Gasteiger partial charge in [-0.3, -0.25) is 4.79 Å². The number of benzene rings is 1. The average molecular weight is 236 g/mol. The maximum absolute atomic E-state index is 12.0. The van der Waals surface area contributed by atoms with Crippen LogP contribution in [0.4, 0.5) is 0 Å². The summed E-state index contributed by atoms with van der Waals surface area (Å²) in [5.74, 6) is 0.823. The Morgan fingerprint density at radius 1 is 1.38 bits per heavy atom. The third-order valence-corrected chi connectivity index (χ3v) is 3.56. The highest BCUT2D eigenvalue weighted by Gasteiger charge is 2.52. The molecule has 1 aromatic rings. The molecule has 86 valence electrons. The zero-order valence-corrected chi connectivity index (χ0v) is 10.3. The van der Waals surface area contributed by atoms with Crippen LogP contribution >= 0.6 is 11.8 Å². The van der Waals surface area contributed by atoms with E-state index >= 15 is 0 Å². The predicted molar refractivity (Wildman–Crippen MR) is 66.7 cm³/mol. The van der Waals surface area contributed by atoms with Crippen LogP contribution in [-0.4, -0.2) is 24.6 Å². The van der Waals surface area contributed by atoms with Crippen molar-refractivity contribution in [3.05, 3.63) is 35.9 Å². The van der Waals surface area contributed by atoms with Gasteiger partial charge in [0.2, 0.25) is 0 Å². The van der Waals surface area contributed by atoms with Crippen molar-refractivity contribution in [2.45, 2.75) is 18.3 Å². The van der Waals surface area contributed by atoms with Crippen LogP contribution in [-0.2, 0) is 14.9 Å². The Hall–Kier alpha value is -0.960. The molecule has 16 heavy (non-hydrogen) atoms. The van der Waals surface area contributed by atoms with Crippen LogP contribution in [0, 0.1) is 0 Å². The summed E-state index contributed by atoms with van der Waals surface area (Å²) in [7, 11) is 0. The van der Waals surface area contributed by atoms with Crippen molar-refractivity contribution in [1.82, 2.24) is 0 Å². The molecule has 1 fully saturated rings. The van der Waals surface area contributed by atoms with E-state index in [2.05, 4.69) is 0 Å². The molecule has 0 amide bonds. The summed E-state index contributed by atoms with van der Waals surface area (Å²) < 4.78 is 5.30. The molecular formula is C13H16O2S. The molecule has 0 N–H and O–H groups in total. The Morgan fingerprint density at radius 3 is 2.62 bits per heavy atom. The third-order valence-electron chi connectivity index (χ3n) is 2.99. The van der Waals surface area contributed by atoms with Gasteiger partial charge in [0.25, 0.3) is 0 Å². The summed E-state index contributed by atoms with van der Waals surface area (Å²) in [6.07, 6.45) is 3.86. The molecule has 0 heterocycles. The summed E-state index contributed by atoms with van der Waals surface area (Å²) in [6.45, 7) is 0.522. The largest absolute Gasteiger partial charge is 0.464 e. The summed E-state index contributed by atoms with van der Waals surface area (Å²) in [5.41, 5.74) is 0.781. The maximum atomic E-state index is 12.0. The Bertz CT molecular complexity index is 357. The lowest BCUT2D eigenvalue weighted by Gasteiger charge is -2.14. The first kappa shape index (κ1) is 11.5. The van der Waals surface area contributed by atoms with Crippen LogP contribution in [0.25, 0.3) is 0 Å². The first-order valence-electron chi connectivity index (χ1n) is 5.51. The topological polar surface area (TPSA) is 26.3 Å². The summed E-state index contributed by atoms with van der Waals surface area (Å²) in [6, 6.07) is 9.96. The molecule has 2 rings (SSSR count). The molecular weight excluding hydrogens is 220 g/mol. The molecule has 1 saturated carbocycles. The van der Waals surface area contributed by atoms with Crippen molar-refractivity contribution in [2.24, 2.45) is 0 Å². The van der Waals surface area contributed by atoms with Gasteiger partial charge in [-0.15, -0.1) is 0 Å². The highest BCUT2D eigenvalue weighted by atomic mass is 32.2. The number of ether oxygens (including phenoxy) is 1. The van der Waals surface area contributed by atoms with E-state index in [9.17, 15) is 4.79 Å². The van der Waals surface area contributed by atoms with Crippen LogP contribution in [0.3, 0.4) is 0 Å². The lowest BCUT2D eigenvalue weighted by Crippen LogP contribution is -2.24. The van der Waals surface area contributed by atoms with Gasteiger partial charge in [-0.2, -0.15) is 11.8 Å². The van der Waals surface area contributed by atoms with E-state index in [-0.39, 0.29) is 11.4 Å². The van der Waals surface area contributed by atoms with Gasteiger partial charge in [0.15, 0.2) is 0 Å². The van der Waals surface area contributed by atoms with E-state index in [4.69, 9.17) is 4.74 Å². The van der Waals surface area contributed by atoms with Gasteiger partial charge in [0, 0.05) is 5.75 Å². The van der Waals surface area contributed by atoms with Crippen LogP contribution in [0.2, 0.25) is 0 Å². The number of carbonyl (C=O) groups is 1. The fraction of sp³-hybridized carbons (Fsp3) is 0.462. The fourth-order valence-corrected chi connectivity index (χ4v) is 2.10. The quantitative estimate of drug-likeness (QED) is 0.580. The number of thioether (sulfide) groups is 1. The monoisotopic (exact) mass is 236 g/mol. The molecule has 1 aliphatic carbocycles. The first-order chi connectivity index (χ1) is 7.79. The van der Waals surface area contributed by atoms with Gasteiger partial charge in [-0.25, -0.2) is 0 Å². The van der Waals surface area contributed by atoms with Crippen molar-refractivity contribution in [1.29, 1.82) is 0 Å². The third kappa shape index (κ3) is 2.24. The van der Waals surface area contributed by atoms with Gasteiger partial charge < -0.3 is 4.74 Å². The van der Waals surface area contributed by atoms with Gasteiger partial charge in [0.05, 0.1) is 5.41 Å². The van der Waals surface area contributed by atoms with E-state index in [0.29, 0.717) is 6.61 Å². The van der Waals surface area contributed by atoms with Gasteiger partial charge >= 0.3 is 5.97 Å². The minimum absolute atomic E-state index is 0.0484. The lowest BCUT2D eigenvalue weighted by molar-refractivity contribution is -0.146. The fourth-order valence-electron chi connectivity index (χ4n) is 1.85. The first-order valence-corrected chi connectivity index (χ1v) is 6.91. The molecule has 3 heteroatoms. The minimum Gasteiger partial charge on any atom is -0.464 e. The molecule has 1 aliphatic rings. The Balaban J connectivity index is 2.00. The number of hydrogen-bond acceptors (Lipinski definition) is 3. The van der Waals surface area contributed by atoms with Crippen molar-refractivity contribution < 1.29 is 9.53 Å². The highest BCUT2D eigenvalue weighted by Crippen LogP contribution is 2.49. The summed E-state index contributed by atoms with van der Waals surface area (Å²) in [5, 5.41) is 0. The zero-order chi connectivity index (χ0) is 11.4. The highest BCUT2D eigenvalue weighted by molar-refractivity contribution is 7.98. The Labute approximate surface area is 100 Å². The molecule has 1 aromatic carbocycles. The normalized spacial score (nSPS) is 16.8. The van der Waals surface area contributed by atoms with E-state index in [1.54, 1.807) is 11.8 Å². The van der Waals surface area contributed by atoms with Crippen LogP contribution in [0.15, 0.2) is 30.3 Å². The van der Waals surface area contributed by atoms with Gasteiger partial charge in [-0.1, -0.05) is 30.3 Å². The van der Waals surface area contributed by atoms with Crippen LogP contribution < -0.4 is 0 Å². The number of hydrogen-bond donors (Lipinski definition) is 0. The molecule has 0 spiro atoms. The second kappa shape index (κ2) is 4.91. The van der Waals surface area contributed by atoms with Crippen molar-refractivity contribution >= 4 is 17.7 Å². The summed E-state index contributed by atoms with van der Waals surface area (Å²) in [4.78, 5) is 12.0. The molecule has 0 aliphatic heterocycles. The van der Waals surface area contributed by atoms with E-state index in [1.807, 2.05) is 36.6 Å². The Morgan fingerprint density at radius 2 is 2.06 bits per heavy atom. The van der Waals surface area contributed by atoms with Crippen LogP contribution in [0.1, 0.15) is 18.4 Å². The SMILES string of the molecule is CSCCOC(=O)C1(c2ccccc2)CC1. The van der Waals surface area contributed by atoms with Gasteiger partial charge in [0.1, 0.15) is 6.61 Å². The van der Waals surface area contributed by atoms with E-state index in [1.165, 1.54) is 0 Å². The molecule has 0 saturated heterocycles. The minimum atomic E-state index is -0.320. The standard InChI is InChI=1S/C13H16O2S/c1-16-10-9-15-12(14)13(7-8-13)11-5-3-2-4-6-11/h2-6H,7-10H2,1H3. The molecule has 0 aromatic heterocycles. The van der Waals surface area contributed by atoms with Crippen LogP contribution in [0.5, 0.6) is 0 Å². The lowest BCUT2D eigenvalue weighted by atomic mass is 9.96. The second-order valence-corrected chi connectivity index (χ2v) is 5.06. The van der Waals surface area contributed by atoms with Crippen molar-refractivity contribution in [2.75, 3.05) is 18.6 Å². The molecule has 0 atom stereocenters. The average Bonchev–Trinajstić information content (AvgIpc) is 3.12. The number of rotatable bonds is 5. The molecule has 0 unspecified atom stereocenters. The maximum Gasteiger partial charge on any atom is 0.316 e. The molecule has 0 bridgehead atoms. The molecule has 0 radical (unpaired) electrons. The predicted octanol–water partition coefficient (Wildman–Crippen LogP) is 2.62. The smallest absolute Gasteiger partial charge is 0.316 e. The summed E-state index contributed by atoms with van der Waals surface area (Å²) >= 11 is 1.69. The number of carbonyl (C=O) groups excluding carboxylic acids is 1. The second-order valence-electron chi connectivity index (χ2n) is 4.08. The van der Waals surface area contributed by atoms with E-state index < -0.39 is 0 Å². The van der Waals surface area contributed by atoms with Crippen molar-refractivity contribution in [3.63, 3.8) is 0 Å². The van der Waals surface area contributed by atoms with Crippen molar-refractivity contribution in [3.8, 4) is 0 Å². The number of esters is 1. The van der Waals surface area contributed by atoms with Gasteiger partial charge in [-0.05, 0) is 24.7 Å². The Kier molecular flexibility index (Phi) is 3.54. The molecule has 2 nitrogen and oxygen atoms in total. The van der Waals surface area contributed by atoms with E-state index in [0.717, 1.165) is 24.2 Å². The zero-order valence-electron chi connectivity index (χ0n) is 9.44.